The molecule has 1 aromatic heterocycles. The smallest absolute Gasteiger partial charge is 0.269 e. The summed E-state index contributed by atoms with van der Waals surface area (Å²) in [6.07, 6.45) is 3.47. The van der Waals surface area contributed by atoms with Gasteiger partial charge in [-0.25, -0.2) is 0 Å². The summed E-state index contributed by atoms with van der Waals surface area (Å²) in [5.74, 6) is 0.722. The lowest BCUT2D eigenvalue weighted by molar-refractivity contribution is -0.384. The molecule has 0 bridgehead atoms. The van der Waals surface area contributed by atoms with Gasteiger partial charge in [-0.2, -0.15) is 0 Å². The molecule has 5 rings (SSSR count). The number of nitrogens with zero attached hydrogens (tertiary/aromatic N) is 3. The standard InChI is InChI=1S/C22H21N3O3/c26-22(16-7-9-17(10-8-16)25(27)28)23-12-11-21-19(14-23)18-3-1-2-4-20(18)24(21)13-15-5-6-15/h1-4,7-10,15H,5-6,11-14H2. The molecule has 6 nitrogen and oxygen atoms in total. The van der Waals surface area contributed by atoms with Crippen LogP contribution in [0, 0.1) is 16.0 Å². The zero-order chi connectivity index (χ0) is 19.3. The maximum Gasteiger partial charge on any atom is 0.269 e. The van der Waals surface area contributed by atoms with E-state index < -0.39 is 4.92 Å². The van der Waals surface area contributed by atoms with Crippen molar-refractivity contribution in [3.05, 3.63) is 75.5 Å². The van der Waals surface area contributed by atoms with E-state index >= 15 is 0 Å². The van der Waals surface area contributed by atoms with E-state index in [1.54, 1.807) is 12.1 Å². The zero-order valence-electron chi connectivity index (χ0n) is 15.5. The van der Waals surface area contributed by atoms with Crippen LogP contribution in [0.5, 0.6) is 0 Å². The quantitative estimate of drug-likeness (QED) is 0.508. The highest BCUT2D eigenvalue weighted by atomic mass is 16.6. The average Bonchev–Trinajstić information content (AvgIpc) is 3.50. The Morgan fingerprint density at radius 2 is 1.86 bits per heavy atom. The summed E-state index contributed by atoms with van der Waals surface area (Å²) in [7, 11) is 0. The first-order valence-corrected chi connectivity index (χ1v) is 9.74. The maximum atomic E-state index is 13.0. The second-order valence-corrected chi connectivity index (χ2v) is 7.78. The van der Waals surface area contributed by atoms with Crippen LogP contribution in [0.1, 0.15) is 34.5 Å². The minimum Gasteiger partial charge on any atom is -0.344 e. The van der Waals surface area contributed by atoms with Crippen molar-refractivity contribution in [2.75, 3.05) is 6.54 Å². The van der Waals surface area contributed by atoms with Gasteiger partial charge >= 0.3 is 0 Å². The Morgan fingerprint density at radius 1 is 1.11 bits per heavy atom. The summed E-state index contributed by atoms with van der Waals surface area (Å²) in [6, 6.07) is 14.3. The molecule has 1 aliphatic carbocycles. The minimum absolute atomic E-state index is 0.000580. The number of hydrogen-bond donors (Lipinski definition) is 0. The van der Waals surface area contributed by atoms with Gasteiger partial charge in [0.1, 0.15) is 0 Å². The van der Waals surface area contributed by atoms with Gasteiger partial charge in [0, 0.05) is 65.9 Å². The van der Waals surface area contributed by atoms with Gasteiger partial charge in [-0.05, 0) is 37.0 Å². The van der Waals surface area contributed by atoms with Crippen molar-refractivity contribution in [2.45, 2.75) is 32.4 Å². The summed E-state index contributed by atoms with van der Waals surface area (Å²) in [5.41, 5.74) is 4.37. The number of hydrogen-bond acceptors (Lipinski definition) is 3. The number of amides is 1. The van der Waals surface area contributed by atoms with E-state index in [2.05, 4.69) is 28.8 Å². The molecule has 1 saturated carbocycles. The third-order valence-corrected chi connectivity index (χ3v) is 5.91. The first kappa shape index (κ1) is 17.0. The van der Waals surface area contributed by atoms with Crippen molar-refractivity contribution in [2.24, 2.45) is 5.92 Å². The molecule has 0 unspecified atom stereocenters. The Kier molecular flexibility index (Phi) is 3.93. The monoisotopic (exact) mass is 375 g/mol. The number of nitro benzene ring substituents is 1. The van der Waals surface area contributed by atoms with Crippen LogP contribution < -0.4 is 0 Å². The number of rotatable bonds is 4. The molecule has 0 N–H and O–H groups in total. The van der Waals surface area contributed by atoms with Crippen molar-refractivity contribution in [1.82, 2.24) is 9.47 Å². The number of benzene rings is 2. The summed E-state index contributed by atoms with van der Waals surface area (Å²) in [5, 5.41) is 12.1. The van der Waals surface area contributed by atoms with Crippen molar-refractivity contribution >= 4 is 22.5 Å². The van der Waals surface area contributed by atoms with E-state index in [1.165, 1.54) is 47.1 Å². The maximum absolute atomic E-state index is 13.0. The van der Waals surface area contributed by atoms with Crippen molar-refractivity contribution in [1.29, 1.82) is 0 Å². The number of fused-ring (bicyclic) bond motifs is 3. The number of non-ortho nitro benzene ring substituents is 1. The molecule has 1 aliphatic heterocycles. The molecule has 28 heavy (non-hydrogen) atoms. The zero-order valence-corrected chi connectivity index (χ0v) is 15.5. The molecule has 3 aromatic rings. The number of aromatic nitrogens is 1. The Bertz CT molecular complexity index is 1080. The van der Waals surface area contributed by atoms with Crippen molar-refractivity contribution in [3.8, 4) is 0 Å². The fourth-order valence-electron chi connectivity index (χ4n) is 4.25. The van der Waals surface area contributed by atoms with E-state index in [0.29, 0.717) is 18.7 Å². The number of carbonyl (C=O) groups is 1. The van der Waals surface area contributed by atoms with Crippen LogP contribution >= 0.6 is 0 Å². The topological polar surface area (TPSA) is 68.4 Å². The molecule has 1 fully saturated rings. The van der Waals surface area contributed by atoms with Gasteiger partial charge in [-0.1, -0.05) is 18.2 Å². The summed E-state index contributed by atoms with van der Waals surface area (Å²) in [4.78, 5) is 25.2. The van der Waals surface area contributed by atoms with Gasteiger partial charge in [-0.3, -0.25) is 14.9 Å². The molecular weight excluding hydrogens is 354 g/mol. The van der Waals surface area contributed by atoms with Crippen LogP contribution in [0.25, 0.3) is 10.9 Å². The first-order valence-electron chi connectivity index (χ1n) is 9.74. The normalized spacial score (nSPS) is 16.2. The van der Waals surface area contributed by atoms with E-state index in [-0.39, 0.29) is 11.6 Å². The molecule has 2 aliphatic rings. The molecule has 0 saturated heterocycles. The predicted molar refractivity (Wildman–Crippen MR) is 106 cm³/mol. The lowest BCUT2D eigenvalue weighted by Gasteiger charge is -2.28. The fraction of sp³-hybridized carbons (Fsp3) is 0.318. The molecule has 0 radical (unpaired) electrons. The number of nitro groups is 1. The third-order valence-electron chi connectivity index (χ3n) is 5.91. The second kappa shape index (κ2) is 6.48. The van der Waals surface area contributed by atoms with Crippen LogP contribution in [0.3, 0.4) is 0 Å². The lowest BCUT2D eigenvalue weighted by atomic mass is 10.0. The van der Waals surface area contributed by atoms with Crippen molar-refractivity contribution in [3.63, 3.8) is 0 Å². The van der Waals surface area contributed by atoms with E-state index in [0.717, 1.165) is 18.9 Å². The molecule has 6 heteroatoms. The molecule has 0 spiro atoms. The first-order chi connectivity index (χ1) is 13.6. The Balaban J connectivity index is 1.46. The van der Waals surface area contributed by atoms with Crippen LogP contribution in [-0.2, 0) is 19.5 Å². The number of carbonyl (C=O) groups excluding carboxylic acids is 1. The highest BCUT2D eigenvalue weighted by molar-refractivity contribution is 5.95. The molecule has 142 valence electrons. The summed E-state index contributed by atoms with van der Waals surface area (Å²) in [6.45, 7) is 2.33. The SMILES string of the molecule is O=C(c1ccc([N+](=O)[O-])cc1)N1CCc2c(c3ccccc3n2CC2CC2)C1. The largest absolute Gasteiger partial charge is 0.344 e. The van der Waals surface area contributed by atoms with E-state index in [9.17, 15) is 14.9 Å². The predicted octanol–water partition coefficient (Wildman–Crippen LogP) is 4.16. The Hall–Kier alpha value is -3.15. The number of para-hydroxylation sites is 1. The molecule has 1 amide bonds. The lowest BCUT2D eigenvalue weighted by Crippen LogP contribution is -2.36. The molecule has 0 atom stereocenters. The van der Waals surface area contributed by atoms with Gasteiger partial charge < -0.3 is 9.47 Å². The summed E-state index contributed by atoms with van der Waals surface area (Å²) >= 11 is 0. The van der Waals surface area contributed by atoms with E-state index in [4.69, 9.17) is 0 Å². The highest BCUT2D eigenvalue weighted by Gasteiger charge is 2.30. The van der Waals surface area contributed by atoms with Gasteiger partial charge in [0.25, 0.3) is 11.6 Å². The van der Waals surface area contributed by atoms with Gasteiger partial charge in [0.05, 0.1) is 4.92 Å². The second-order valence-electron chi connectivity index (χ2n) is 7.78. The van der Waals surface area contributed by atoms with Crippen molar-refractivity contribution < 1.29 is 9.72 Å². The summed E-state index contributed by atoms with van der Waals surface area (Å²) < 4.78 is 2.47. The minimum atomic E-state index is -0.448. The van der Waals surface area contributed by atoms with Gasteiger partial charge in [-0.15, -0.1) is 0 Å². The highest BCUT2D eigenvalue weighted by Crippen LogP contribution is 2.36. The fourth-order valence-corrected chi connectivity index (χ4v) is 4.25. The third kappa shape index (κ3) is 2.85. The van der Waals surface area contributed by atoms with Gasteiger partial charge in [0.2, 0.25) is 0 Å². The average molecular weight is 375 g/mol. The van der Waals surface area contributed by atoms with Crippen LogP contribution in [0.15, 0.2) is 48.5 Å². The van der Waals surface area contributed by atoms with E-state index in [1.807, 2.05) is 4.90 Å². The van der Waals surface area contributed by atoms with Crippen LogP contribution in [0.4, 0.5) is 5.69 Å². The molecule has 2 heterocycles. The molecule has 2 aromatic carbocycles. The van der Waals surface area contributed by atoms with Gasteiger partial charge in [0.15, 0.2) is 0 Å². The Morgan fingerprint density at radius 3 is 2.57 bits per heavy atom. The van der Waals surface area contributed by atoms with Crippen LogP contribution in [-0.4, -0.2) is 26.8 Å². The Labute approximate surface area is 162 Å². The van der Waals surface area contributed by atoms with Crippen LogP contribution in [0.2, 0.25) is 0 Å². The molecular formula is C22H21N3O3.